The maximum atomic E-state index is 5.86. The van der Waals surface area contributed by atoms with Gasteiger partial charge in [-0.2, -0.15) is 0 Å². The molecular formula is C19H20OPSi+. The minimum Gasteiger partial charge on any atom is -0.392 e. The average Bonchev–Trinajstić information content (AvgIpc) is 2.62. The zero-order valence-corrected chi connectivity index (χ0v) is 15.0. The Hall–Kier alpha value is -1.73. The highest BCUT2D eigenvalue weighted by Gasteiger charge is 2.45. The Balaban J connectivity index is 2.29. The van der Waals surface area contributed by atoms with E-state index in [0.717, 1.165) is 0 Å². The molecule has 0 aliphatic carbocycles. The van der Waals surface area contributed by atoms with Crippen LogP contribution >= 0.6 is 6.81 Å². The highest BCUT2D eigenvalue weighted by Crippen LogP contribution is 2.53. The number of rotatable bonds is 5. The van der Waals surface area contributed by atoms with Gasteiger partial charge in [0.05, 0.1) is 22.7 Å². The van der Waals surface area contributed by atoms with Crippen LogP contribution in [0.15, 0.2) is 91.0 Å². The van der Waals surface area contributed by atoms with Crippen molar-refractivity contribution in [3.63, 3.8) is 0 Å². The number of benzene rings is 3. The van der Waals surface area contributed by atoms with Gasteiger partial charge in [0.1, 0.15) is 0 Å². The predicted octanol–water partition coefficient (Wildman–Crippen LogP) is 2.63. The lowest BCUT2D eigenvalue weighted by molar-refractivity contribution is 0.455. The summed E-state index contributed by atoms with van der Waals surface area (Å²) in [7, 11) is 1.10. The summed E-state index contributed by atoms with van der Waals surface area (Å²) in [4.78, 5) is 0. The first-order valence-corrected chi connectivity index (χ1v) is 11.9. The van der Waals surface area contributed by atoms with Gasteiger partial charge >= 0.3 is 9.43 Å². The molecule has 3 heteroatoms. The minimum absolute atomic E-state index is 0.755. The van der Waals surface area contributed by atoms with E-state index in [0.29, 0.717) is 0 Å². The normalized spacial score (nSPS) is 11.9. The summed E-state index contributed by atoms with van der Waals surface area (Å²) in [5.41, 5.74) is 0. The van der Waals surface area contributed by atoms with Gasteiger partial charge in [0.2, 0.25) is 0 Å². The van der Waals surface area contributed by atoms with Gasteiger partial charge in [-0.05, 0) is 36.4 Å². The quantitative estimate of drug-likeness (QED) is 0.518. The summed E-state index contributed by atoms with van der Waals surface area (Å²) in [5.74, 6) is 0. The molecular weight excluding hydrogens is 303 g/mol. The van der Waals surface area contributed by atoms with Gasteiger partial charge in [-0.15, -0.1) is 0 Å². The number of hydrogen-bond acceptors (Lipinski definition) is 1. The molecule has 0 bridgehead atoms. The third kappa shape index (κ3) is 2.78. The highest BCUT2D eigenvalue weighted by atomic mass is 31.4. The van der Waals surface area contributed by atoms with Crippen molar-refractivity contribution in [2.45, 2.75) is 0 Å². The van der Waals surface area contributed by atoms with Gasteiger partial charge in [0.15, 0.2) is 0 Å². The van der Waals surface area contributed by atoms with Gasteiger partial charge in [-0.1, -0.05) is 54.6 Å². The molecule has 22 heavy (non-hydrogen) atoms. The average molecular weight is 323 g/mol. The zero-order chi connectivity index (χ0) is 15.3. The smallest absolute Gasteiger partial charge is 0.357 e. The van der Waals surface area contributed by atoms with E-state index >= 15 is 0 Å². The van der Waals surface area contributed by atoms with Gasteiger partial charge in [-0.3, -0.25) is 0 Å². The first kappa shape index (κ1) is 15.2. The zero-order valence-electron chi connectivity index (χ0n) is 12.7. The molecule has 0 heterocycles. The van der Waals surface area contributed by atoms with Crippen LogP contribution in [0, 0.1) is 0 Å². The van der Waals surface area contributed by atoms with Crippen LogP contribution in [-0.4, -0.2) is 16.5 Å². The Morgan fingerprint density at radius 1 is 0.591 bits per heavy atom. The Kier molecular flexibility index (Phi) is 4.84. The van der Waals surface area contributed by atoms with Gasteiger partial charge < -0.3 is 4.43 Å². The topological polar surface area (TPSA) is 9.23 Å². The van der Waals surface area contributed by atoms with Crippen LogP contribution in [0.1, 0.15) is 0 Å². The van der Waals surface area contributed by atoms with Crippen LogP contribution in [0.25, 0.3) is 0 Å². The van der Waals surface area contributed by atoms with Crippen molar-refractivity contribution >= 4 is 32.2 Å². The molecule has 0 amide bonds. The predicted molar refractivity (Wildman–Crippen MR) is 101 cm³/mol. The van der Waals surface area contributed by atoms with Crippen LogP contribution in [0.2, 0.25) is 0 Å². The second-order valence-electron chi connectivity index (χ2n) is 5.23. The van der Waals surface area contributed by atoms with Crippen LogP contribution in [0.5, 0.6) is 0 Å². The van der Waals surface area contributed by atoms with Crippen molar-refractivity contribution in [1.29, 1.82) is 0 Å². The summed E-state index contributed by atoms with van der Waals surface area (Å²) >= 11 is 0. The van der Waals surface area contributed by atoms with Gasteiger partial charge in [-0.25, -0.2) is 0 Å². The molecule has 0 atom stereocenters. The molecule has 0 aliphatic heterocycles. The van der Waals surface area contributed by atoms with Crippen molar-refractivity contribution in [1.82, 2.24) is 0 Å². The van der Waals surface area contributed by atoms with E-state index in [1.807, 2.05) is 7.11 Å². The van der Waals surface area contributed by atoms with Crippen molar-refractivity contribution in [2.75, 3.05) is 7.11 Å². The summed E-state index contributed by atoms with van der Waals surface area (Å²) < 4.78 is 5.86. The van der Waals surface area contributed by atoms with E-state index in [1.165, 1.54) is 15.9 Å². The van der Waals surface area contributed by atoms with Crippen molar-refractivity contribution < 1.29 is 4.43 Å². The lowest BCUT2D eigenvalue weighted by Gasteiger charge is -2.26. The van der Waals surface area contributed by atoms with E-state index in [1.54, 1.807) is 0 Å². The SMILES string of the molecule is CO[SiH2][P+](c1ccccc1)(c1ccccc1)c1ccccc1. The molecule has 3 rings (SSSR count). The number of hydrogen-bond donors (Lipinski definition) is 0. The maximum Gasteiger partial charge on any atom is 0.357 e. The molecule has 0 spiro atoms. The van der Waals surface area contributed by atoms with Crippen molar-refractivity contribution in [2.24, 2.45) is 0 Å². The molecule has 0 saturated heterocycles. The molecule has 0 fully saturated rings. The molecule has 3 aromatic carbocycles. The third-order valence-corrected chi connectivity index (χ3v) is 13.3. The fraction of sp³-hybridized carbons (Fsp3) is 0.0526. The minimum atomic E-state index is -1.64. The lowest BCUT2D eigenvalue weighted by atomic mass is 10.4. The van der Waals surface area contributed by atoms with Crippen LogP contribution in [0.3, 0.4) is 0 Å². The first-order valence-electron chi connectivity index (χ1n) is 7.42. The standard InChI is InChI=1S/C19H20OPSi/c1-20-22-21(17-11-5-2-6-12-17,18-13-7-3-8-14-18)19-15-9-4-10-16-19/h2-16H,22H2,1H3/q+1. The van der Waals surface area contributed by atoms with Gasteiger partial charge in [0, 0.05) is 7.11 Å². The summed E-state index contributed by atoms with van der Waals surface area (Å²) in [5, 5.41) is 4.25. The van der Waals surface area contributed by atoms with E-state index in [2.05, 4.69) is 91.0 Å². The Labute approximate surface area is 135 Å². The van der Waals surface area contributed by atoms with Crippen LogP contribution in [-0.2, 0) is 4.43 Å². The largest absolute Gasteiger partial charge is 0.392 e. The molecule has 0 aromatic heterocycles. The molecule has 0 N–H and O–H groups in total. The van der Waals surface area contributed by atoms with E-state index in [9.17, 15) is 0 Å². The fourth-order valence-corrected chi connectivity index (χ4v) is 11.1. The van der Waals surface area contributed by atoms with Crippen LogP contribution < -0.4 is 15.9 Å². The molecule has 110 valence electrons. The van der Waals surface area contributed by atoms with Crippen LogP contribution in [0.4, 0.5) is 0 Å². The van der Waals surface area contributed by atoms with E-state index < -0.39 is 16.2 Å². The Morgan fingerprint density at radius 3 is 1.18 bits per heavy atom. The maximum absolute atomic E-state index is 5.86. The lowest BCUT2D eigenvalue weighted by Crippen LogP contribution is -2.35. The summed E-state index contributed by atoms with van der Waals surface area (Å²) in [6.07, 6.45) is 0. The summed E-state index contributed by atoms with van der Waals surface area (Å²) in [6, 6.07) is 32.7. The fourth-order valence-electron chi connectivity index (χ4n) is 2.91. The molecule has 3 aromatic rings. The highest BCUT2D eigenvalue weighted by molar-refractivity contribution is 8.15. The first-order chi connectivity index (χ1) is 10.9. The summed E-state index contributed by atoms with van der Waals surface area (Å²) in [6.45, 7) is -1.64. The molecule has 1 nitrogen and oxygen atoms in total. The molecule has 0 radical (unpaired) electrons. The molecule has 0 saturated carbocycles. The third-order valence-electron chi connectivity index (χ3n) is 3.91. The second-order valence-corrected chi connectivity index (χ2v) is 12.9. The Morgan fingerprint density at radius 2 is 0.909 bits per heavy atom. The van der Waals surface area contributed by atoms with E-state index in [-0.39, 0.29) is 0 Å². The van der Waals surface area contributed by atoms with Crippen molar-refractivity contribution in [3.8, 4) is 0 Å². The van der Waals surface area contributed by atoms with Crippen molar-refractivity contribution in [3.05, 3.63) is 91.0 Å². The Bertz CT molecular complexity index is 605. The van der Waals surface area contributed by atoms with E-state index in [4.69, 9.17) is 4.43 Å². The second kappa shape index (κ2) is 7.02. The molecule has 0 aliphatic rings. The van der Waals surface area contributed by atoms with Gasteiger partial charge in [0.25, 0.3) is 0 Å². The molecule has 0 unspecified atom stereocenters. The monoisotopic (exact) mass is 323 g/mol.